The number of furan rings is 1. The van der Waals surface area contributed by atoms with Gasteiger partial charge in [-0.05, 0) is 25.6 Å². The zero-order valence-electron chi connectivity index (χ0n) is 13.4. The number of fused-ring (bicyclic) bond motifs is 1. The summed E-state index contributed by atoms with van der Waals surface area (Å²) in [5, 5.41) is 4.83. The number of para-hydroxylation sites is 1. The van der Waals surface area contributed by atoms with Crippen LogP contribution in [0.4, 0.5) is 0 Å². The lowest BCUT2D eigenvalue weighted by Crippen LogP contribution is -2.37. The van der Waals surface area contributed by atoms with E-state index in [0.717, 1.165) is 63.7 Å². The van der Waals surface area contributed by atoms with Gasteiger partial charge in [-0.25, -0.2) is 0 Å². The van der Waals surface area contributed by atoms with E-state index in [4.69, 9.17) is 9.15 Å². The fraction of sp³-hybridized carbons (Fsp3) is 0.556. The molecule has 0 amide bonds. The molecule has 0 unspecified atom stereocenters. The predicted molar refractivity (Wildman–Crippen MR) is 89.2 cm³/mol. The molecule has 4 heteroatoms. The van der Waals surface area contributed by atoms with Crippen LogP contribution in [-0.4, -0.2) is 44.3 Å². The highest BCUT2D eigenvalue weighted by molar-refractivity contribution is 5.82. The smallest absolute Gasteiger partial charge is 0.134 e. The summed E-state index contributed by atoms with van der Waals surface area (Å²) in [6.45, 7) is 9.16. The van der Waals surface area contributed by atoms with Gasteiger partial charge in [0.1, 0.15) is 11.3 Å². The quantitative estimate of drug-likeness (QED) is 0.798. The molecule has 1 aromatic carbocycles. The van der Waals surface area contributed by atoms with Crippen LogP contribution >= 0.6 is 0 Å². The summed E-state index contributed by atoms with van der Waals surface area (Å²) in [7, 11) is 0. The Morgan fingerprint density at radius 3 is 2.82 bits per heavy atom. The maximum Gasteiger partial charge on any atom is 0.134 e. The molecule has 120 valence electrons. The van der Waals surface area contributed by atoms with Crippen LogP contribution in [0.25, 0.3) is 11.0 Å². The summed E-state index contributed by atoms with van der Waals surface area (Å²) >= 11 is 0. The van der Waals surface area contributed by atoms with E-state index in [1.54, 1.807) is 0 Å². The van der Waals surface area contributed by atoms with Gasteiger partial charge in [-0.3, -0.25) is 4.90 Å². The van der Waals surface area contributed by atoms with Crippen molar-refractivity contribution in [2.45, 2.75) is 26.3 Å². The first kappa shape index (κ1) is 15.5. The van der Waals surface area contributed by atoms with Crippen LogP contribution in [-0.2, 0) is 17.7 Å². The van der Waals surface area contributed by atoms with Crippen LogP contribution in [0.5, 0.6) is 0 Å². The summed E-state index contributed by atoms with van der Waals surface area (Å²) < 4.78 is 11.3. The molecule has 1 aliphatic heterocycles. The molecule has 0 atom stereocenters. The summed E-state index contributed by atoms with van der Waals surface area (Å²) in [6, 6.07) is 8.32. The molecule has 1 aliphatic rings. The average molecular weight is 302 g/mol. The molecular weight excluding hydrogens is 276 g/mol. The van der Waals surface area contributed by atoms with Gasteiger partial charge in [-0.1, -0.05) is 25.1 Å². The van der Waals surface area contributed by atoms with E-state index in [2.05, 4.69) is 35.3 Å². The summed E-state index contributed by atoms with van der Waals surface area (Å²) in [5.74, 6) is 1.11. The maximum atomic E-state index is 5.94. The van der Waals surface area contributed by atoms with Gasteiger partial charge >= 0.3 is 0 Å². The van der Waals surface area contributed by atoms with Crippen LogP contribution in [0.2, 0.25) is 0 Å². The number of nitrogens with zero attached hydrogens (tertiary/aromatic N) is 1. The highest BCUT2D eigenvalue weighted by Gasteiger charge is 2.12. The summed E-state index contributed by atoms with van der Waals surface area (Å²) in [4.78, 5) is 2.48. The van der Waals surface area contributed by atoms with Gasteiger partial charge in [0.15, 0.2) is 0 Å². The van der Waals surface area contributed by atoms with E-state index in [1.807, 2.05) is 6.07 Å². The highest BCUT2D eigenvalue weighted by atomic mass is 16.5. The SMILES string of the molecule is CCc1oc2ccccc2c1CNCCCN1CCOCC1. The Morgan fingerprint density at radius 2 is 2.00 bits per heavy atom. The van der Waals surface area contributed by atoms with E-state index in [-0.39, 0.29) is 0 Å². The molecular formula is C18H26N2O2. The number of morpholine rings is 1. The third-order valence-corrected chi connectivity index (χ3v) is 4.34. The molecule has 1 fully saturated rings. The van der Waals surface area contributed by atoms with Crippen LogP contribution in [0, 0.1) is 0 Å². The second kappa shape index (κ2) is 7.77. The van der Waals surface area contributed by atoms with Crippen molar-refractivity contribution < 1.29 is 9.15 Å². The molecule has 0 saturated carbocycles. The van der Waals surface area contributed by atoms with Gasteiger partial charge in [0.25, 0.3) is 0 Å². The van der Waals surface area contributed by atoms with Crippen molar-refractivity contribution in [1.29, 1.82) is 0 Å². The van der Waals surface area contributed by atoms with Gasteiger partial charge in [-0.2, -0.15) is 0 Å². The lowest BCUT2D eigenvalue weighted by atomic mass is 10.1. The van der Waals surface area contributed by atoms with Gasteiger partial charge < -0.3 is 14.5 Å². The molecule has 1 saturated heterocycles. The first-order valence-electron chi connectivity index (χ1n) is 8.38. The van der Waals surface area contributed by atoms with Crippen molar-refractivity contribution in [3.8, 4) is 0 Å². The largest absolute Gasteiger partial charge is 0.461 e. The van der Waals surface area contributed by atoms with Crippen LogP contribution in [0.3, 0.4) is 0 Å². The zero-order valence-corrected chi connectivity index (χ0v) is 13.4. The number of benzene rings is 1. The van der Waals surface area contributed by atoms with E-state index < -0.39 is 0 Å². The molecule has 2 heterocycles. The fourth-order valence-electron chi connectivity index (χ4n) is 3.09. The van der Waals surface area contributed by atoms with E-state index in [0.29, 0.717) is 0 Å². The maximum absolute atomic E-state index is 5.94. The number of aryl methyl sites for hydroxylation is 1. The molecule has 1 N–H and O–H groups in total. The second-order valence-electron chi connectivity index (χ2n) is 5.84. The van der Waals surface area contributed by atoms with Crippen molar-refractivity contribution in [1.82, 2.24) is 10.2 Å². The average Bonchev–Trinajstić information content (AvgIpc) is 2.93. The minimum absolute atomic E-state index is 0.883. The molecule has 0 spiro atoms. The molecule has 0 radical (unpaired) electrons. The van der Waals surface area contributed by atoms with Crippen molar-refractivity contribution in [2.24, 2.45) is 0 Å². The minimum atomic E-state index is 0.883. The van der Waals surface area contributed by atoms with E-state index in [1.165, 1.54) is 17.4 Å². The Hall–Kier alpha value is -1.36. The minimum Gasteiger partial charge on any atom is -0.461 e. The Kier molecular flexibility index (Phi) is 5.48. The molecule has 1 aromatic heterocycles. The normalized spacial score (nSPS) is 16.4. The molecule has 2 aromatic rings. The van der Waals surface area contributed by atoms with Crippen molar-refractivity contribution in [2.75, 3.05) is 39.4 Å². The second-order valence-corrected chi connectivity index (χ2v) is 5.84. The Labute approximate surface area is 132 Å². The van der Waals surface area contributed by atoms with E-state index in [9.17, 15) is 0 Å². The molecule has 22 heavy (non-hydrogen) atoms. The summed E-state index contributed by atoms with van der Waals surface area (Å²) in [6.07, 6.45) is 2.12. The van der Waals surface area contributed by atoms with Crippen LogP contribution in [0.15, 0.2) is 28.7 Å². The molecule has 0 bridgehead atoms. The van der Waals surface area contributed by atoms with Crippen molar-refractivity contribution in [3.63, 3.8) is 0 Å². The van der Waals surface area contributed by atoms with Crippen molar-refractivity contribution >= 4 is 11.0 Å². The number of rotatable bonds is 7. The fourth-order valence-corrected chi connectivity index (χ4v) is 3.09. The molecule has 3 rings (SSSR count). The van der Waals surface area contributed by atoms with Gasteiger partial charge in [-0.15, -0.1) is 0 Å². The van der Waals surface area contributed by atoms with Gasteiger partial charge in [0.2, 0.25) is 0 Å². The van der Waals surface area contributed by atoms with E-state index >= 15 is 0 Å². The Bertz CT molecular complexity index is 588. The third kappa shape index (κ3) is 3.69. The lowest BCUT2D eigenvalue weighted by Gasteiger charge is -2.26. The number of hydrogen-bond acceptors (Lipinski definition) is 4. The van der Waals surface area contributed by atoms with Gasteiger partial charge in [0, 0.05) is 37.0 Å². The topological polar surface area (TPSA) is 37.6 Å². The Balaban J connectivity index is 1.49. The summed E-state index contributed by atoms with van der Waals surface area (Å²) in [5.41, 5.74) is 2.33. The van der Waals surface area contributed by atoms with Crippen LogP contribution < -0.4 is 5.32 Å². The highest BCUT2D eigenvalue weighted by Crippen LogP contribution is 2.26. The molecule has 0 aliphatic carbocycles. The van der Waals surface area contributed by atoms with Crippen molar-refractivity contribution in [3.05, 3.63) is 35.6 Å². The predicted octanol–water partition coefficient (Wildman–Crippen LogP) is 2.81. The number of hydrogen-bond donors (Lipinski definition) is 1. The number of nitrogens with one attached hydrogen (secondary N) is 1. The third-order valence-electron chi connectivity index (χ3n) is 4.34. The van der Waals surface area contributed by atoms with Gasteiger partial charge in [0.05, 0.1) is 13.2 Å². The lowest BCUT2D eigenvalue weighted by molar-refractivity contribution is 0.0374. The molecule has 4 nitrogen and oxygen atoms in total. The van der Waals surface area contributed by atoms with Crippen LogP contribution in [0.1, 0.15) is 24.7 Å². The zero-order chi connectivity index (χ0) is 15.2. The Morgan fingerprint density at radius 1 is 1.18 bits per heavy atom. The first-order chi connectivity index (χ1) is 10.9. The monoisotopic (exact) mass is 302 g/mol. The number of ether oxygens (including phenoxy) is 1. The standard InChI is InChI=1S/C18H26N2O2/c1-2-17-16(15-6-3-4-7-18(15)22-17)14-19-8-5-9-20-10-12-21-13-11-20/h3-4,6-7,19H,2,5,8-14H2,1H3. The first-order valence-corrected chi connectivity index (χ1v) is 8.38.